The number of ether oxygens (including phenoxy) is 1. The summed E-state index contributed by atoms with van der Waals surface area (Å²) < 4.78 is 5.84. The first-order valence-electron chi connectivity index (χ1n) is 9.50. The molecule has 1 fully saturated rings. The van der Waals surface area contributed by atoms with Crippen LogP contribution in [0.3, 0.4) is 0 Å². The van der Waals surface area contributed by atoms with Crippen LogP contribution in [0.1, 0.15) is 11.1 Å². The van der Waals surface area contributed by atoms with Crippen molar-refractivity contribution >= 4 is 40.9 Å². The lowest BCUT2D eigenvalue weighted by Gasteiger charge is -2.14. The number of amides is 2. The van der Waals surface area contributed by atoms with Gasteiger partial charge in [0, 0.05) is 22.7 Å². The van der Waals surface area contributed by atoms with Crippen LogP contribution >= 0.6 is 11.6 Å². The van der Waals surface area contributed by atoms with E-state index in [0.29, 0.717) is 27.6 Å². The van der Waals surface area contributed by atoms with Gasteiger partial charge >= 0.3 is 0 Å². The average molecular weight is 450 g/mol. The zero-order chi connectivity index (χ0) is 22.7. The number of para-hydroxylation sites is 1. The van der Waals surface area contributed by atoms with Gasteiger partial charge in [0.25, 0.3) is 17.5 Å². The highest BCUT2D eigenvalue weighted by Gasteiger charge is 2.34. The molecule has 3 aromatic rings. The minimum atomic E-state index is -0.542. The Morgan fingerprint density at radius 2 is 1.75 bits per heavy atom. The lowest BCUT2D eigenvalue weighted by Crippen LogP contribution is -2.35. The van der Waals surface area contributed by atoms with Crippen LogP contribution in [0.5, 0.6) is 5.75 Å². The molecule has 0 aromatic heterocycles. The number of halogens is 1. The van der Waals surface area contributed by atoms with Gasteiger partial charge in [0.05, 0.1) is 10.6 Å². The van der Waals surface area contributed by atoms with E-state index in [-0.39, 0.29) is 17.9 Å². The van der Waals surface area contributed by atoms with Gasteiger partial charge in [-0.2, -0.15) is 0 Å². The first-order chi connectivity index (χ1) is 15.4. The minimum absolute atomic E-state index is 0.0145. The Labute approximate surface area is 187 Å². The molecule has 4 rings (SSSR count). The Morgan fingerprint density at radius 1 is 1.03 bits per heavy atom. The summed E-state index contributed by atoms with van der Waals surface area (Å²) in [4.78, 5) is 35.6. The van der Waals surface area contributed by atoms with Crippen molar-refractivity contribution in [2.45, 2.75) is 6.61 Å². The standard InChI is InChI=1S/C23H16ClN3O5/c24-17-8-11-21(32-14-15-6-9-19(10-7-15)27(30)31)16(12-17)13-20-22(28)25-26(23(20)29)18-4-2-1-3-5-18/h1-13H,14H2,(H,25,28). The average Bonchev–Trinajstić information content (AvgIpc) is 3.08. The SMILES string of the molecule is O=C1NN(c2ccccc2)C(=O)C1=Cc1cc(Cl)ccc1OCc1ccc([N+](=O)[O-])cc1. The normalized spacial score (nSPS) is 14.5. The summed E-state index contributed by atoms with van der Waals surface area (Å²) in [6.45, 7) is 0.131. The number of hydrazine groups is 1. The second-order valence-electron chi connectivity index (χ2n) is 6.87. The summed E-state index contributed by atoms with van der Waals surface area (Å²) in [5.41, 5.74) is 4.18. The fraction of sp³-hybridized carbons (Fsp3) is 0.0435. The molecule has 0 unspecified atom stereocenters. The molecule has 1 saturated heterocycles. The van der Waals surface area contributed by atoms with E-state index in [9.17, 15) is 19.7 Å². The number of hydrogen-bond donors (Lipinski definition) is 1. The van der Waals surface area contributed by atoms with E-state index in [4.69, 9.17) is 16.3 Å². The number of rotatable bonds is 6. The van der Waals surface area contributed by atoms with E-state index in [1.807, 2.05) is 6.07 Å². The summed E-state index contributed by atoms with van der Waals surface area (Å²) in [5.74, 6) is -0.637. The largest absolute Gasteiger partial charge is 0.488 e. The number of carbonyl (C=O) groups excluding carboxylic acids is 2. The highest BCUT2D eigenvalue weighted by molar-refractivity contribution is 6.32. The molecule has 0 spiro atoms. The molecule has 3 aromatic carbocycles. The first kappa shape index (κ1) is 21.1. The Morgan fingerprint density at radius 3 is 2.44 bits per heavy atom. The number of nitrogens with one attached hydrogen (secondary N) is 1. The number of nitrogens with zero attached hydrogens (tertiary/aromatic N) is 2. The summed E-state index contributed by atoms with van der Waals surface area (Å²) in [5, 5.41) is 12.4. The van der Waals surface area contributed by atoms with Crippen molar-refractivity contribution in [1.29, 1.82) is 0 Å². The number of hydrogen-bond acceptors (Lipinski definition) is 5. The third kappa shape index (κ3) is 4.45. The number of nitro benzene ring substituents is 1. The molecule has 8 nitrogen and oxygen atoms in total. The molecule has 9 heteroatoms. The van der Waals surface area contributed by atoms with Crippen LogP contribution < -0.4 is 15.2 Å². The Hall–Kier alpha value is -4.17. The van der Waals surface area contributed by atoms with Gasteiger partial charge in [-0.25, -0.2) is 5.01 Å². The van der Waals surface area contributed by atoms with Gasteiger partial charge in [0.2, 0.25) is 0 Å². The van der Waals surface area contributed by atoms with Gasteiger partial charge in [-0.05, 0) is 54.1 Å². The second-order valence-corrected chi connectivity index (χ2v) is 7.31. The molecular formula is C23H16ClN3O5. The molecule has 160 valence electrons. The third-order valence-corrected chi connectivity index (χ3v) is 4.95. The maximum absolute atomic E-state index is 12.8. The molecule has 1 N–H and O–H groups in total. The quantitative estimate of drug-likeness (QED) is 0.262. The number of nitro groups is 1. The monoisotopic (exact) mass is 449 g/mol. The van der Waals surface area contributed by atoms with Crippen LogP contribution in [-0.2, 0) is 16.2 Å². The lowest BCUT2D eigenvalue weighted by molar-refractivity contribution is -0.384. The summed E-state index contributed by atoms with van der Waals surface area (Å²) in [6, 6.07) is 19.6. The summed E-state index contributed by atoms with van der Waals surface area (Å²) >= 11 is 6.12. The van der Waals surface area contributed by atoms with Crippen molar-refractivity contribution < 1.29 is 19.2 Å². The van der Waals surface area contributed by atoms with Gasteiger partial charge in [-0.1, -0.05) is 29.8 Å². The number of anilines is 1. The highest BCUT2D eigenvalue weighted by Crippen LogP contribution is 2.28. The first-order valence-corrected chi connectivity index (χ1v) is 9.88. The van der Waals surface area contributed by atoms with E-state index >= 15 is 0 Å². The zero-order valence-corrected chi connectivity index (χ0v) is 17.3. The van der Waals surface area contributed by atoms with Crippen molar-refractivity contribution in [3.8, 4) is 5.75 Å². The fourth-order valence-electron chi connectivity index (χ4n) is 3.11. The van der Waals surface area contributed by atoms with Crippen LogP contribution in [0, 0.1) is 10.1 Å². The zero-order valence-electron chi connectivity index (χ0n) is 16.5. The summed E-state index contributed by atoms with van der Waals surface area (Å²) in [7, 11) is 0. The smallest absolute Gasteiger partial charge is 0.282 e. The van der Waals surface area contributed by atoms with Crippen LogP contribution in [0.25, 0.3) is 6.08 Å². The van der Waals surface area contributed by atoms with E-state index in [2.05, 4.69) is 5.43 Å². The molecule has 0 saturated carbocycles. The second kappa shape index (κ2) is 8.91. The van der Waals surface area contributed by atoms with Gasteiger partial charge < -0.3 is 4.74 Å². The van der Waals surface area contributed by atoms with Crippen LogP contribution in [0.4, 0.5) is 11.4 Å². The third-order valence-electron chi connectivity index (χ3n) is 4.72. The maximum atomic E-state index is 12.8. The van der Waals surface area contributed by atoms with Crippen LogP contribution in [-0.4, -0.2) is 16.7 Å². The Bertz CT molecular complexity index is 1230. The van der Waals surface area contributed by atoms with E-state index in [1.165, 1.54) is 23.2 Å². The van der Waals surface area contributed by atoms with Gasteiger partial charge in [0.15, 0.2) is 0 Å². The number of non-ortho nitro benzene ring substituents is 1. The number of benzene rings is 3. The Kier molecular flexibility index (Phi) is 5.87. The molecule has 1 heterocycles. The van der Waals surface area contributed by atoms with Gasteiger partial charge in [-0.15, -0.1) is 0 Å². The van der Waals surface area contributed by atoms with Crippen LogP contribution in [0.2, 0.25) is 5.02 Å². The van der Waals surface area contributed by atoms with Crippen LogP contribution in [0.15, 0.2) is 78.4 Å². The Balaban J connectivity index is 1.58. The van der Waals surface area contributed by atoms with Crippen molar-refractivity contribution in [2.75, 3.05) is 5.01 Å². The molecule has 0 atom stereocenters. The lowest BCUT2D eigenvalue weighted by atomic mass is 10.1. The maximum Gasteiger partial charge on any atom is 0.282 e. The highest BCUT2D eigenvalue weighted by atomic mass is 35.5. The molecule has 0 bridgehead atoms. The molecule has 2 amide bonds. The van der Waals surface area contributed by atoms with Crippen molar-refractivity contribution in [3.63, 3.8) is 0 Å². The predicted molar refractivity (Wildman–Crippen MR) is 119 cm³/mol. The van der Waals surface area contributed by atoms with E-state index < -0.39 is 16.7 Å². The predicted octanol–water partition coefficient (Wildman–Crippen LogP) is 4.29. The molecular weight excluding hydrogens is 434 g/mol. The van der Waals surface area contributed by atoms with Crippen molar-refractivity contribution in [3.05, 3.63) is 105 Å². The summed E-state index contributed by atoms with van der Waals surface area (Å²) in [6.07, 6.45) is 1.43. The van der Waals surface area contributed by atoms with E-state index in [0.717, 1.165) is 0 Å². The number of carbonyl (C=O) groups is 2. The molecule has 0 aliphatic carbocycles. The van der Waals surface area contributed by atoms with Crippen molar-refractivity contribution in [1.82, 2.24) is 5.43 Å². The fourth-order valence-corrected chi connectivity index (χ4v) is 3.29. The van der Waals surface area contributed by atoms with Gasteiger partial charge in [-0.3, -0.25) is 25.1 Å². The topological polar surface area (TPSA) is 102 Å². The van der Waals surface area contributed by atoms with Gasteiger partial charge in [0.1, 0.15) is 17.9 Å². The molecule has 0 radical (unpaired) electrons. The molecule has 32 heavy (non-hydrogen) atoms. The van der Waals surface area contributed by atoms with Crippen molar-refractivity contribution in [2.24, 2.45) is 0 Å². The molecule has 1 aliphatic heterocycles. The van der Waals surface area contributed by atoms with E-state index in [1.54, 1.807) is 54.6 Å². The molecule has 1 aliphatic rings. The minimum Gasteiger partial charge on any atom is -0.488 e.